The Morgan fingerprint density at radius 2 is 1.79 bits per heavy atom. The van der Waals surface area contributed by atoms with E-state index in [4.69, 9.17) is 9.47 Å². The van der Waals surface area contributed by atoms with Gasteiger partial charge in [-0.15, -0.1) is 0 Å². The third-order valence-corrected chi connectivity index (χ3v) is 9.46. The van der Waals surface area contributed by atoms with E-state index in [1.807, 2.05) is 61.2 Å². The van der Waals surface area contributed by atoms with E-state index >= 15 is 0 Å². The molecule has 0 radical (unpaired) electrons. The quantitative estimate of drug-likeness (QED) is 0.304. The fourth-order valence-electron chi connectivity index (χ4n) is 5.74. The number of benzene rings is 2. The van der Waals surface area contributed by atoms with Gasteiger partial charge in [0.05, 0.1) is 31.0 Å². The summed E-state index contributed by atoms with van der Waals surface area (Å²) in [4.78, 5) is 24.5. The number of carbonyl (C=O) groups excluding carboxylic acids is 1. The van der Waals surface area contributed by atoms with Gasteiger partial charge >= 0.3 is 0 Å². The van der Waals surface area contributed by atoms with E-state index in [1.165, 1.54) is 17.1 Å². The van der Waals surface area contributed by atoms with Gasteiger partial charge in [-0.2, -0.15) is 10.1 Å². The third kappa shape index (κ3) is 5.66. The molecule has 1 atom stereocenters. The van der Waals surface area contributed by atoms with Crippen molar-refractivity contribution in [2.24, 2.45) is 7.05 Å². The van der Waals surface area contributed by atoms with Crippen molar-refractivity contribution in [1.82, 2.24) is 24.6 Å². The summed E-state index contributed by atoms with van der Waals surface area (Å²) >= 11 is 0. The van der Waals surface area contributed by atoms with Gasteiger partial charge in [0.1, 0.15) is 16.7 Å². The summed E-state index contributed by atoms with van der Waals surface area (Å²) in [6.07, 6.45) is 4.61. The monoisotopic (exact) mass is 602 g/mol. The molecule has 1 saturated heterocycles. The maximum Gasteiger partial charge on any atom is 0.267 e. The van der Waals surface area contributed by atoms with Crippen LogP contribution < -0.4 is 14.2 Å². The van der Waals surface area contributed by atoms with Crippen LogP contribution in [0.4, 0.5) is 5.95 Å². The van der Waals surface area contributed by atoms with Crippen LogP contribution in [0.3, 0.4) is 0 Å². The van der Waals surface area contributed by atoms with Gasteiger partial charge in [0.2, 0.25) is 17.7 Å². The highest BCUT2D eigenvalue weighted by molar-refractivity contribution is 7.92. The first-order valence-electron chi connectivity index (χ1n) is 14.2. The standard InChI is InChI=1S/C31H34N6O5S/c1-20-6-5-7-21(2)28(20)26-16-27(34-30(33-26)35-43(39,40)25-17-32-36(3)19-25)42-24-12-15-37(18-24)29(38)31(13-14-31)22-8-10-23(41-4)11-9-22/h5-11,16-17,19,24H,12-15,18H2,1-4H3,(H,33,34,35). The van der Waals surface area contributed by atoms with Gasteiger partial charge in [0.25, 0.3) is 10.0 Å². The summed E-state index contributed by atoms with van der Waals surface area (Å²) in [7, 11) is -0.727. The first-order chi connectivity index (χ1) is 20.6. The van der Waals surface area contributed by atoms with Crippen LogP contribution >= 0.6 is 0 Å². The van der Waals surface area contributed by atoms with Crippen molar-refractivity contribution < 1.29 is 22.7 Å². The lowest BCUT2D eigenvalue weighted by atomic mass is 9.94. The number of anilines is 1. The predicted molar refractivity (Wildman–Crippen MR) is 160 cm³/mol. The largest absolute Gasteiger partial charge is 0.497 e. The molecule has 6 rings (SSSR count). The second-order valence-corrected chi connectivity index (χ2v) is 12.9. The number of carbonyl (C=O) groups is 1. The van der Waals surface area contributed by atoms with Crippen LogP contribution in [0.15, 0.2) is 65.8 Å². The lowest BCUT2D eigenvalue weighted by Crippen LogP contribution is -2.38. The molecule has 0 bridgehead atoms. The van der Waals surface area contributed by atoms with E-state index in [1.54, 1.807) is 20.2 Å². The topological polar surface area (TPSA) is 129 Å². The minimum absolute atomic E-state index is 0.00523. The number of aromatic nitrogens is 4. The minimum Gasteiger partial charge on any atom is -0.497 e. The lowest BCUT2D eigenvalue weighted by Gasteiger charge is -2.24. The van der Waals surface area contributed by atoms with Gasteiger partial charge in [0, 0.05) is 37.8 Å². The fourth-order valence-corrected chi connectivity index (χ4v) is 6.66. The maximum atomic E-state index is 13.7. The molecule has 2 aromatic carbocycles. The SMILES string of the molecule is COc1ccc(C2(C(=O)N3CCC(Oc4cc(-c5c(C)cccc5C)nc(NS(=O)(=O)c5cnn(C)c5)n4)C3)CC2)cc1. The van der Waals surface area contributed by atoms with Crippen LogP contribution in [-0.4, -0.2) is 65.3 Å². The third-order valence-electron chi connectivity index (χ3n) is 8.18. The Balaban J connectivity index is 1.25. The van der Waals surface area contributed by atoms with Crippen molar-refractivity contribution in [3.8, 4) is 22.9 Å². The normalized spacial score (nSPS) is 17.5. The predicted octanol–water partition coefficient (Wildman–Crippen LogP) is 4.01. The highest BCUT2D eigenvalue weighted by atomic mass is 32.2. The van der Waals surface area contributed by atoms with Crippen LogP contribution in [0, 0.1) is 13.8 Å². The van der Waals surface area contributed by atoms with Crippen LogP contribution in [-0.2, 0) is 27.3 Å². The molecule has 2 aliphatic rings. The molecule has 1 saturated carbocycles. The number of hydrogen-bond donors (Lipinski definition) is 1. The number of rotatable bonds is 9. The van der Waals surface area contributed by atoms with Crippen molar-refractivity contribution >= 4 is 21.9 Å². The number of hydrogen-bond acceptors (Lipinski definition) is 8. The zero-order chi connectivity index (χ0) is 30.4. The molecule has 1 aliphatic heterocycles. The number of amides is 1. The van der Waals surface area contributed by atoms with Crippen LogP contribution in [0.5, 0.6) is 11.6 Å². The van der Waals surface area contributed by atoms with Gasteiger partial charge < -0.3 is 14.4 Å². The molecular formula is C31H34N6O5S. The molecule has 4 aromatic rings. The Kier molecular flexibility index (Phi) is 7.33. The Hall–Kier alpha value is -4.45. The molecule has 224 valence electrons. The van der Waals surface area contributed by atoms with Gasteiger partial charge in [-0.1, -0.05) is 30.3 Å². The number of sulfonamides is 1. The molecule has 2 fully saturated rings. The van der Waals surface area contributed by atoms with E-state index in [2.05, 4.69) is 19.8 Å². The second-order valence-electron chi connectivity index (χ2n) is 11.2. The number of nitrogens with zero attached hydrogens (tertiary/aromatic N) is 5. The van der Waals surface area contributed by atoms with E-state index in [9.17, 15) is 13.2 Å². The average molecular weight is 603 g/mol. The number of nitrogens with one attached hydrogen (secondary N) is 1. The Labute approximate surface area is 250 Å². The summed E-state index contributed by atoms with van der Waals surface area (Å²) < 4.78 is 41.7. The van der Waals surface area contributed by atoms with E-state index < -0.39 is 15.4 Å². The molecular weight excluding hydrogens is 568 g/mol. The summed E-state index contributed by atoms with van der Waals surface area (Å²) in [5, 5.41) is 3.96. The van der Waals surface area contributed by atoms with E-state index in [0.717, 1.165) is 40.8 Å². The van der Waals surface area contributed by atoms with E-state index in [0.29, 0.717) is 25.2 Å². The summed E-state index contributed by atoms with van der Waals surface area (Å²) in [5.74, 6) is 0.981. The summed E-state index contributed by atoms with van der Waals surface area (Å²) in [6, 6.07) is 15.4. The lowest BCUT2D eigenvalue weighted by molar-refractivity contribution is -0.133. The van der Waals surface area contributed by atoms with Crippen molar-refractivity contribution in [3.05, 3.63) is 77.6 Å². The van der Waals surface area contributed by atoms with Crippen LogP contribution in [0.25, 0.3) is 11.3 Å². The molecule has 2 aromatic heterocycles. The van der Waals surface area contributed by atoms with Crippen molar-refractivity contribution in [2.45, 2.75) is 49.5 Å². The van der Waals surface area contributed by atoms with Crippen LogP contribution in [0.1, 0.15) is 36.0 Å². The molecule has 11 nitrogen and oxygen atoms in total. The van der Waals surface area contributed by atoms with Gasteiger partial charge in [0.15, 0.2) is 0 Å². The number of methoxy groups -OCH3 is 1. The van der Waals surface area contributed by atoms with Crippen molar-refractivity contribution in [1.29, 1.82) is 0 Å². The zero-order valence-electron chi connectivity index (χ0n) is 24.6. The summed E-state index contributed by atoms with van der Waals surface area (Å²) in [5.41, 5.74) is 3.88. The molecule has 3 heterocycles. The van der Waals surface area contributed by atoms with Gasteiger partial charge in [-0.25, -0.2) is 18.1 Å². The molecule has 12 heteroatoms. The first-order valence-corrected chi connectivity index (χ1v) is 15.6. The van der Waals surface area contributed by atoms with Crippen molar-refractivity contribution in [2.75, 3.05) is 24.9 Å². The number of likely N-dealkylation sites (tertiary alicyclic amines) is 1. The number of ether oxygens (including phenoxy) is 2. The van der Waals surface area contributed by atoms with E-state index in [-0.39, 0.29) is 28.7 Å². The highest BCUT2D eigenvalue weighted by Gasteiger charge is 2.53. The highest BCUT2D eigenvalue weighted by Crippen LogP contribution is 2.50. The first kappa shape index (κ1) is 28.7. The molecule has 1 N–H and O–H groups in total. The maximum absolute atomic E-state index is 13.7. The van der Waals surface area contributed by atoms with Gasteiger partial charge in [-0.05, 0) is 55.5 Å². The summed E-state index contributed by atoms with van der Waals surface area (Å²) in [6.45, 7) is 4.93. The Morgan fingerprint density at radius 3 is 2.42 bits per heavy atom. The number of aryl methyl sites for hydroxylation is 3. The Bertz CT molecular complexity index is 1760. The van der Waals surface area contributed by atoms with Gasteiger partial charge in [-0.3, -0.25) is 9.48 Å². The van der Waals surface area contributed by atoms with Crippen molar-refractivity contribution in [3.63, 3.8) is 0 Å². The second kappa shape index (κ2) is 11.0. The fraction of sp³-hybridized carbons (Fsp3) is 0.355. The Morgan fingerprint density at radius 1 is 1.07 bits per heavy atom. The minimum atomic E-state index is -3.99. The average Bonchev–Trinajstić information content (AvgIpc) is 3.44. The molecule has 0 spiro atoms. The van der Waals surface area contributed by atoms with Crippen LogP contribution in [0.2, 0.25) is 0 Å². The zero-order valence-corrected chi connectivity index (χ0v) is 25.4. The molecule has 1 aliphatic carbocycles. The smallest absolute Gasteiger partial charge is 0.267 e. The molecule has 1 amide bonds. The molecule has 43 heavy (non-hydrogen) atoms. The molecule has 1 unspecified atom stereocenters.